The van der Waals surface area contributed by atoms with E-state index in [1.807, 2.05) is 56.3 Å². The number of hydrogen-bond acceptors (Lipinski definition) is 3. The third-order valence-corrected chi connectivity index (χ3v) is 6.86. The summed E-state index contributed by atoms with van der Waals surface area (Å²) in [4.78, 5) is 27.7. The molecule has 4 nitrogen and oxygen atoms in total. The van der Waals surface area contributed by atoms with Gasteiger partial charge >= 0.3 is 0 Å². The number of benzene rings is 2. The van der Waals surface area contributed by atoms with E-state index in [1.54, 1.807) is 22.7 Å². The minimum absolute atomic E-state index is 0.0680. The first kappa shape index (κ1) is 17.4. The smallest absolute Gasteiger partial charge is 0.256 e. The molecule has 6 heteroatoms. The molecule has 0 bridgehead atoms. The number of thioether (sulfide) groups is 1. The molecule has 2 amide bonds. The van der Waals surface area contributed by atoms with Crippen molar-refractivity contribution >= 4 is 35.2 Å². The molecule has 1 saturated heterocycles. The van der Waals surface area contributed by atoms with Crippen LogP contribution in [0, 0.1) is 0 Å². The summed E-state index contributed by atoms with van der Waals surface area (Å²) in [6.45, 7) is 4.38. The maximum atomic E-state index is 13.0. The summed E-state index contributed by atoms with van der Waals surface area (Å²) < 4.78 is -0.377. The van der Waals surface area contributed by atoms with E-state index in [1.165, 1.54) is 0 Å². The zero-order chi connectivity index (χ0) is 18.5. The topological polar surface area (TPSA) is 49.4 Å². The van der Waals surface area contributed by atoms with Gasteiger partial charge in [0, 0.05) is 21.9 Å². The molecule has 0 radical (unpaired) electrons. The van der Waals surface area contributed by atoms with Crippen molar-refractivity contribution in [3.63, 3.8) is 0 Å². The molecule has 0 aliphatic carbocycles. The van der Waals surface area contributed by atoms with Gasteiger partial charge in [0.05, 0.1) is 0 Å². The van der Waals surface area contributed by atoms with Crippen molar-refractivity contribution in [3.8, 4) is 0 Å². The average Bonchev–Trinajstić information content (AvgIpc) is 3.04. The van der Waals surface area contributed by atoms with Crippen molar-refractivity contribution in [2.24, 2.45) is 0 Å². The molecule has 2 aliphatic rings. The summed E-state index contributed by atoms with van der Waals surface area (Å²) >= 11 is 7.84. The highest BCUT2D eigenvalue weighted by Crippen LogP contribution is 2.56. The zero-order valence-electron chi connectivity index (χ0n) is 14.5. The highest BCUT2D eigenvalue weighted by Gasteiger charge is 2.57. The number of halogens is 1. The van der Waals surface area contributed by atoms with E-state index < -0.39 is 6.04 Å². The van der Waals surface area contributed by atoms with Crippen LogP contribution in [0.5, 0.6) is 0 Å². The Morgan fingerprint density at radius 3 is 2.65 bits per heavy atom. The fourth-order valence-electron chi connectivity index (χ4n) is 3.73. The monoisotopic (exact) mass is 386 g/mol. The lowest BCUT2D eigenvalue weighted by Crippen LogP contribution is -2.52. The van der Waals surface area contributed by atoms with Crippen LogP contribution < -0.4 is 5.32 Å². The van der Waals surface area contributed by atoms with E-state index >= 15 is 0 Å². The van der Waals surface area contributed by atoms with E-state index in [4.69, 9.17) is 11.6 Å². The van der Waals surface area contributed by atoms with Crippen molar-refractivity contribution in [1.82, 2.24) is 10.2 Å². The third-order valence-electron chi connectivity index (χ3n) is 4.96. The predicted molar refractivity (Wildman–Crippen MR) is 104 cm³/mol. The van der Waals surface area contributed by atoms with Crippen molar-refractivity contribution in [1.29, 1.82) is 0 Å². The van der Waals surface area contributed by atoms with Crippen LogP contribution in [0.3, 0.4) is 0 Å². The Balaban J connectivity index is 1.59. The third kappa shape index (κ3) is 2.70. The molecule has 2 aromatic rings. The van der Waals surface area contributed by atoms with Crippen LogP contribution in [0.15, 0.2) is 48.5 Å². The fraction of sp³-hybridized carbons (Fsp3) is 0.300. The van der Waals surface area contributed by atoms with Crippen molar-refractivity contribution in [2.45, 2.75) is 36.6 Å². The first-order chi connectivity index (χ1) is 12.4. The van der Waals surface area contributed by atoms with Crippen LogP contribution in [0.25, 0.3) is 0 Å². The molecule has 0 spiro atoms. The Morgan fingerprint density at radius 2 is 1.88 bits per heavy atom. The number of hydrogen-bond donors (Lipinski definition) is 1. The van der Waals surface area contributed by atoms with E-state index in [2.05, 4.69) is 5.32 Å². The Kier molecular flexibility index (Phi) is 4.24. The number of nitrogens with zero attached hydrogens (tertiary/aromatic N) is 1. The van der Waals surface area contributed by atoms with Gasteiger partial charge in [-0.15, -0.1) is 11.8 Å². The molecule has 1 N–H and O–H groups in total. The predicted octanol–water partition coefficient (Wildman–Crippen LogP) is 4.00. The SMILES string of the molecule is CC1(C)SC2c3ccccc3C(=O)N2C1C(=O)NCc1ccccc1Cl. The minimum Gasteiger partial charge on any atom is -0.350 e. The number of amides is 2. The lowest BCUT2D eigenvalue weighted by molar-refractivity contribution is -0.126. The Labute approximate surface area is 161 Å². The Bertz CT molecular complexity index is 899. The summed E-state index contributed by atoms with van der Waals surface area (Å²) in [5.41, 5.74) is 2.56. The first-order valence-corrected chi connectivity index (χ1v) is 9.76. The van der Waals surface area contributed by atoms with E-state index in [-0.39, 0.29) is 21.9 Å². The number of carbonyl (C=O) groups is 2. The summed E-state index contributed by atoms with van der Waals surface area (Å²) in [6, 6.07) is 14.5. The Hall–Kier alpha value is -1.98. The molecule has 26 heavy (non-hydrogen) atoms. The molecule has 2 unspecified atom stereocenters. The minimum atomic E-state index is -0.528. The van der Waals surface area contributed by atoms with Crippen LogP contribution in [0.2, 0.25) is 5.02 Å². The van der Waals surface area contributed by atoms with Gasteiger partial charge in [-0.2, -0.15) is 0 Å². The zero-order valence-corrected chi connectivity index (χ0v) is 16.1. The molecule has 134 valence electrons. The van der Waals surface area contributed by atoms with E-state index in [9.17, 15) is 9.59 Å². The number of carbonyl (C=O) groups excluding carboxylic acids is 2. The van der Waals surface area contributed by atoms with Gasteiger partial charge in [-0.05, 0) is 37.1 Å². The largest absolute Gasteiger partial charge is 0.350 e. The lowest BCUT2D eigenvalue weighted by Gasteiger charge is -2.29. The molecule has 4 rings (SSSR count). The molecule has 2 atom stereocenters. The highest BCUT2D eigenvalue weighted by molar-refractivity contribution is 8.01. The molecule has 2 aromatic carbocycles. The van der Waals surface area contributed by atoms with Crippen LogP contribution in [0.1, 0.15) is 40.7 Å². The van der Waals surface area contributed by atoms with Gasteiger partial charge in [-0.3, -0.25) is 9.59 Å². The molecule has 1 fully saturated rings. The normalized spacial score (nSPS) is 22.9. The standard InChI is InChI=1S/C20H19ClN2O2S/c1-20(2)16(17(24)22-11-12-7-3-6-10-15(12)21)23-18(25)13-8-4-5-9-14(13)19(23)26-20/h3-10,16,19H,11H2,1-2H3,(H,22,24). The first-order valence-electron chi connectivity index (χ1n) is 8.50. The summed E-state index contributed by atoms with van der Waals surface area (Å²) in [5, 5.41) is 3.48. The van der Waals surface area contributed by atoms with Gasteiger partial charge in [0.2, 0.25) is 5.91 Å². The maximum Gasteiger partial charge on any atom is 0.256 e. The molecular formula is C20H19ClN2O2S. The highest BCUT2D eigenvalue weighted by atomic mass is 35.5. The van der Waals surface area contributed by atoms with Gasteiger partial charge < -0.3 is 10.2 Å². The molecule has 2 aliphatic heterocycles. The quantitative estimate of drug-likeness (QED) is 0.867. The summed E-state index contributed by atoms with van der Waals surface area (Å²) in [7, 11) is 0. The second-order valence-electron chi connectivity index (χ2n) is 7.09. The van der Waals surface area contributed by atoms with Crippen LogP contribution >= 0.6 is 23.4 Å². The van der Waals surface area contributed by atoms with Crippen LogP contribution in [0.4, 0.5) is 0 Å². The lowest BCUT2D eigenvalue weighted by atomic mass is 10.0. The Morgan fingerprint density at radius 1 is 1.19 bits per heavy atom. The van der Waals surface area contributed by atoms with Crippen molar-refractivity contribution in [2.75, 3.05) is 0 Å². The fourth-order valence-corrected chi connectivity index (χ4v) is 5.52. The van der Waals surface area contributed by atoms with E-state index in [0.717, 1.165) is 11.1 Å². The second kappa shape index (κ2) is 6.32. The van der Waals surface area contributed by atoms with Gasteiger partial charge in [0.25, 0.3) is 5.91 Å². The summed E-state index contributed by atoms with van der Waals surface area (Å²) in [5.74, 6) is -0.215. The average molecular weight is 387 g/mol. The van der Waals surface area contributed by atoms with Crippen molar-refractivity contribution < 1.29 is 9.59 Å². The number of rotatable bonds is 3. The van der Waals surface area contributed by atoms with Gasteiger partial charge in [-0.1, -0.05) is 48.0 Å². The van der Waals surface area contributed by atoms with Crippen LogP contribution in [-0.4, -0.2) is 27.5 Å². The summed E-state index contributed by atoms with van der Waals surface area (Å²) in [6.07, 6.45) is 0. The van der Waals surface area contributed by atoms with Gasteiger partial charge in [-0.25, -0.2) is 0 Å². The number of fused-ring (bicyclic) bond motifs is 3. The molecule has 0 aromatic heterocycles. The van der Waals surface area contributed by atoms with Gasteiger partial charge in [0.1, 0.15) is 11.4 Å². The molecular weight excluding hydrogens is 368 g/mol. The van der Waals surface area contributed by atoms with E-state index in [0.29, 0.717) is 17.1 Å². The number of nitrogens with one attached hydrogen (secondary N) is 1. The van der Waals surface area contributed by atoms with Crippen molar-refractivity contribution in [3.05, 3.63) is 70.2 Å². The molecule has 2 heterocycles. The maximum absolute atomic E-state index is 13.0. The van der Waals surface area contributed by atoms with Crippen LogP contribution in [-0.2, 0) is 11.3 Å². The second-order valence-corrected chi connectivity index (χ2v) is 9.23. The molecule has 0 saturated carbocycles. The van der Waals surface area contributed by atoms with Gasteiger partial charge in [0.15, 0.2) is 0 Å².